The molecule has 2 aromatic carbocycles. The van der Waals surface area contributed by atoms with Gasteiger partial charge in [-0.1, -0.05) is 48.0 Å². The normalized spacial score (nSPS) is 10.2. The Labute approximate surface area is 124 Å². The maximum absolute atomic E-state index is 11.6. The van der Waals surface area contributed by atoms with E-state index < -0.39 is 0 Å². The number of aryl methyl sites for hydroxylation is 2. The second-order valence-corrected chi connectivity index (χ2v) is 4.86. The van der Waals surface area contributed by atoms with E-state index in [1.54, 1.807) is 0 Å². The average molecular weight is 285 g/mol. The van der Waals surface area contributed by atoms with Crippen molar-refractivity contribution >= 4 is 5.91 Å². The van der Waals surface area contributed by atoms with E-state index in [9.17, 15) is 4.79 Å². The second-order valence-electron chi connectivity index (χ2n) is 4.86. The monoisotopic (exact) mass is 285 g/mol. The number of nitrogens with one attached hydrogen (secondary N) is 1. The summed E-state index contributed by atoms with van der Waals surface area (Å²) in [5.41, 5.74) is 5.53. The molecule has 2 aromatic rings. The fourth-order valence-electron chi connectivity index (χ4n) is 1.91. The third-order valence-electron chi connectivity index (χ3n) is 2.96. The van der Waals surface area contributed by atoms with Crippen molar-refractivity contribution in [3.8, 4) is 5.75 Å². The van der Waals surface area contributed by atoms with Crippen molar-refractivity contribution in [3.05, 3.63) is 65.2 Å². The predicted octanol–water partition coefficient (Wildman–Crippen LogP) is 2.93. The van der Waals surface area contributed by atoms with Crippen LogP contribution >= 0.6 is 0 Å². The molecule has 0 saturated heterocycles. The maximum atomic E-state index is 11.6. The zero-order valence-corrected chi connectivity index (χ0v) is 12.3. The highest BCUT2D eigenvalue weighted by molar-refractivity contribution is 5.76. The Bertz CT molecular complexity index is 596. The van der Waals surface area contributed by atoms with E-state index in [-0.39, 0.29) is 12.5 Å². The minimum Gasteiger partial charge on any atom is -0.483 e. The highest BCUT2D eigenvalue weighted by Gasteiger charge is 2.05. The Morgan fingerprint density at radius 2 is 1.86 bits per heavy atom. The van der Waals surface area contributed by atoms with Gasteiger partial charge in [-0.05, 0) is 31.0 Å². The summed E-state index contributed by atoms with van der Waals surface area (Å²) >= 11 is 0. The Morgan fingerprint density at radius 1 is 1.10 bits per heavy atom. The van der Waals surface area contributed by atoms with Crippen LogP contribution in [0.1, 0.15) is 16.7 Å². The minimum atomic E-state index is -0.314. The van der Waals surface area contributed by atoms with Gasteiger partial charge in [0.2, 0.25) is 0 Å². The molecule has 2 rings (SSSR count). The van der Waals surface area contributed by atoms with Gasteiger partial charge >= 0.3 is 0 Å². The van der Waals surface area contributed by atoms with Crippen LogP contribution in [-0.2, 0) is 16.2 Å². The molecule has 0 aliphatic heterocycles. The molecule has 0 unspecified atom stereocenters. The molecule has 0 spiro atoms. The SMILES string of the molecule is Cc1ccc(OCC(=O)NOCc2ccccc2)c(C)c1. The van der Waals surface area contributed by atoms with Crippen molar-refractivity contribution in [2.75, 3.05) is 6.61 Å². The van der Waals surface area contributed by atoms with E-state index >= 15 is 0 Å². The number of amides is 1. The molecule has 110 valence electrons. The standard InChI is InChI=1S/C17H19NO3/c1-13-8-9-16(14(2)10-13)20-12-17(19)18-21-11-15-6-4-3-5-7-15/h3-10H,11-12H2,1-2H3,(H,18,19). The van der Waals surface area contributed by atoms with Crippen LogP contribution in [0.2, 0.25) is 0 Å². The highest BCUT2D eigenvalue weighted by atomic mass is 16.7. The Hall–Kier alpha value is -2.33. The van der Waals surface area contributed by atoms with Crippen molar-refractivity contribution < 1.29 is 14.4 Å². The summed E-state index contributed by atoms with van der Waals surface area (Å²) in [5.74, 6) is 0.393. The van der Waals surface area contributed by atoms with Crippen LogP contribution in [0.15, 0.2) is 48.5 Å². The van der Waals surface area contributed by atoms with Crippen LogP contribution in [0.5, 0.6) is 5.75 Å². The van der Waals surface area contributed by atoms with E-state index in [0.717, 1.165) is 16.7 Å². The third-order valence-corrected chi connectivity index (χ3v) is 2.96. The molecule has 0 fully saturated rings. The van der Waals surface area contributed by atoms with Crippen LogP contribution in [0, 0.1) is 13.8 Å². The fraction of sp³-hybridized carbons (Fsp3) is 0.235. The van der Waals surface area contributed by atoms with E-state index in [4.69, 9.17) is 9.57 Å². The van der Waals surface area contributed by atoms with Gasteiger partial charge in [0.05, 0.1) is 6.61 Å². The van der Waals surface area contributed by atoms with Gasteiger partial charge in [0.1, 0.15) is 5.75 Å². The topological polar surface area (TPSA) is 47.6 Å². The van der Waals surface area contributed by atoms with Crippen LogP contribution in [0.3, 0.4) is 0 Å². The Kier molecular flexibility index (Phi) is 5.35. The second kappa shape index (κ2) is 7.45. The van der Waals surface area contributed by atoms with Gasteiger partial charge in [-0.3, -0.25) is 9.63 Å². The summed E-state index contributed by atoms with van der Waals surface area (Å²) in [5, 5.41) is 0. The van der Waals surface area contributed by atoms with Gasteiger partial charge in [0.15, 0.2) is 6.61 Å². The molecule has 0 heterocycles. The number of carbonyl (C=O) groups is 1. The molecular weight excluding hydrogens is 266 g/mol. The molecule has 0 radical (unpaired) electrons. The number of ether oxygens (including phenoxy) is 1. The first-order valence-corrected chi connectivity index (χ1v) is 6.80. The predicted molar refractivity (Wildman–Crippen MR) is 80.8 cm³/mol. The largest absolute Gasteiger partial charge is 0.483 e. The van der Waals surface area contributed by atoms with E-state index in [2.05, 4.69) is 5.48 Å². The van der Waals surface area contributed by atoms with Gasteiger partial charge in [-0.15, -0.1) is 0 Å². The lowest BCUT2D eigenvalue weighted by atomic mass is 10.1. The molecule has 0 aromatic heterocycles. The van der Waals surface area contributed by atoms with Gasteiger partial charge < -0.3 is 4.74 Å². The number of carbonyl (C=O) groups excluding carboxylic acids is 1. The Balaban J connectivity index is 1.72. The lowest BCUT2D eigenvalue weighted by Crippen LogP contribution is -2.29. The molecular formula is C17H19NO3. The number of hydrogen-bond donors (Lipinski definition) is 1. The molecule has 4 nitrogen and oxygen atoms in total. The zero-order valence-electron chi connectivity index (χ0n) is 12.3. The maximum Gasteiger partial charge on any atom is 0.281 e. The quantitative estimate of drug-likeness (QED) is 0.830. The summed E-state index contributed by atoms with van der Waals surface area (Å²) in [4.78, 5) is 16.8. The first-order chi connectivity index (χ1) is 10.1. The molecule has 0 bridgehead atoms. The van der Waals surface area contributed by atoms with Crippen LogP contribution in [-0.4, -0.2) is 12.5 Å². The van der Waals surface area contributed by atoms with Crippen molar-refractivity contribution in [1.29, 1.82) is 0 Å². The molecule has 1 N–H and O–H groups in total. The van der Waals surface area contributed by atoms with Crippen molar-refractivity contribution in [2.24, 2.45) is 0 Å². The van der Waals surface area contributed by atoms with Crippen LogP contribution in [0.25, 0.3) is 0 Å². The van der Waals surface area contributed by atoms with Gasteiger partial charge in [-0.2, -0.15) is 0 Å². The third kappa shape index (κ3) is 4.93. The van der Waals surface area contributed by atoms with Gasteiger partial charge in [0.25, 0.3) is 5.91 Å². The summed E-state index contributed by atoms with van der Waals surface area (Å²) in [7, 11) is 0. The van der Waals surface area contributed by atoms with E-state index in [0.29, 0.717) is 12.4 Å². The molecule has 1 amide bonds. The van der Waals surface area contributed by atoms with Gasteiger partial charge in [0, 0.05) is 0 Å². The van der Waals surface area contributed by atoms with Crippen molar-refractivity contribution in [1.82, 2.24) is 5.48 Å². The average Bonchev–Trinajstić information content (AvgIpc) is 2.47. The summed E-state index contributed by atoms with van der Waals surface area (Å²) in [6, 6.07) is 15.5. The van der Waals surface area contributed by atoms with Crippen molar-refractivity contribution in [3.63, 3.8) is 0 Å². The highest BCUT2D eigenvalue weighted by Crippen LogP contribution is 2.18. The number of hydroxylamine groups is 1. The number of rotatable bonds is 6. The molecule has 21 heavy (non-hydrogen) atoms. The summed E-state index contributed by atoms with van der Waals surface area (Å²) in [6.07, 6.45) is 0. The minimum absolute atomic E-state index is 0.0707. The first kappa shape index (κ1) is 15.1. The zero-order chi connectivity index (χ0) is 15.1. The van der Waals surface area contributed by atoms with E-state index in [1.807, 2.05) is 62.4 Å². The summed E-state index contributed by atoms with van der Waals surface area (Å²) in [6.45, 7) is 4.22. The molecule has 0 atom stereocenters. The lowest BCUT2D eigenvalue weighted by Gasteiger charge is -2.10. The first-order valence-electron chi connectivity index (χ1n) is 6.80. The van der Waals surface area contributed by atoms with Crippen LogP contribution < -0.4 is 10.2 Å². The lowest BCUT2D eigenvalue weighted by molar-refractivity contribution is -0.136. The summed E-state index contributed by atoms with van der Waals surface area (Å²) < 4.78 is 5.46. The fourth-order valence-corrected chi connectivity index (χ4v) is 1.91. The smallest absolute Gasteiger partial charge is 0.281 e. The number of benzene rings is 2. The van der Waals surface area contributed by atoms with Gasteiger partial charge in [-0.25, -0.2) is 5.48 Å². The molecule has 4 heteroatoms. The molecule has 0 aliphatic carbocycles. The molecule has 0 aliphatic rings. The van der Waals surface area contributed by atoms with E-state index in [1.165, 1.54) is 0 Å². The van der Waals surface area contributed by atoms with Crippen LogP contribution in [0.4, 0.5) is 0 Å². The Morgan fingerprint density at radius 3 is 2.57 bits per heavy atom. The molecule has 0 saturated carbocycles. The van der Waals surface area contributed by atoms with Crippen molar-refractivity contribution in [2.45, 2.75) is 20.5 Å². The number of hydrogen-bond acceptors (Lipinski definition) is 3.